The number of carbonyl (C=O) groups excluding carboxylic acids is 2. The number of alkyl carbamates (subject to hydrolysis) is 1. The highest BCUT2D eigenvalue weighted by Gasteiger charge is 2.42. The largest absolute Gasteiger partial charge is 0.453 e. The van der Waals surface area contributed by atoms with Crippen LogP contribution in [0.3, 0.4) is 0 Å². The second kappa shape index (κ2) is 10.0. The number of carbonyl (C=O) groups is 2. The summed E-state index contributed by atoms with van der Waals surface area (Å²) in [6.45, 7) is 7.47. The van der Waals surface area contributed by atoms with Crippen LogP contribution < -0.4 is 5.32 Å². The molecule has 0 spiro atoms. The maximum absolute atomic E-state index is 12.5. The number of likely N-dealkylation sites (N-methyl/N-ethyl adjacent to an activating group) is 1. The van der Waals surface area contributed by atoms with E-state index in [2.05, 4.69) is 22.6 Å². The van der Waals surface area contributed by atoms with Gasteiger partial charge in [0.2, 0.25) is 0 Å². The Balaban J connectivity index is 2.33. The van der Waals surface area contributed by atoms with Crippen molar-refractivity contribution in [1.29, 1.82) is 5.26 Å². The van der Waals surface area contributed by atoms with Gasteiger partial charge in [0.05, 0.1) is 19.2 Å². The van der Waals surface area contributed by atoms with E-state index >= 15 is 0 Å². The van der Waals surface area contributed by atoms with Crippen molar-refractivity contribution in [1.82, 2.24) is 15.2 Å². The number of nitriles is 1. The molecular formula is C21H30N4O4S. The summed E-state index contributed by atoms with van der Waals surface area (Å²) < 4.78 is 10.4. The molecule has 0 aromatic carbocycles. The number of ether oxygens (including phenoxy) is 2. The van der Waals surface area contributed by atoms with Gasteiger partial charge in [-0.3, -0.25) is 4.98 Å². The SMILES string of the molecule is COC(=O)N(C)C1C(C)CC(c2ccncc2SC#N)CC1NC(=O)OC(C)(C)C. The first-order chi connectivity index (χ1) is 14.1. The van der Waals surface area contributed by atoms with Crippen LogP contribution in [0.4, 0.5) is 9.59 Å². The number of nitrogens with one attached hydrogen (secondary N) is 1. The molecule has 1 saturated carbocycles. The van der Waals surface area contributed by atoms with Crippen LogP contribution >= 0.6 is 11.8 Å². The molecule has 0 bridgehead atoms. The number of hydrogen-bond acceptors (Lipinski definition) is 7. The molecule has 9 heteroatoms. The predicted octanol–water partition coefficient (Wildman–Crippen LogP) is 4.13. The number of hydrogen-bond donors (Lipinski definition) is 1. The fourth-order valence-corrected chi connectivity index (χ4v) is 4.73. The second-order valence-electron chi connectivity index (χ2n) is 8.58. The zero-order chi connectivity index (χ0) is 22.5. The number of aromatic nitrogens is 1. The molecule has 4 atom stereocenters. The lowest BCUT2D eigenvalue weighted by molar-refractivity contribution is 0.0356. The average molecular weight is 435 g/mol. The zero-order valence-electron chi connectivity index (χ0n) is 18.3. The lowest BCUT2D eigenvalue weighted by Crippen LogP contribution is -2.58. The van der Waals surface area contributed by atoms with Crippen molar-refractivity contribution in [2.75, 3.05) is 14.2 Å². The van der Waals surface area contributed by atoms with E-state index in [0.29, 0.717) is 6.42 Å². The Morgan fingerprint density at radius 3 is 2.67 bits per heavy atom. The standard InChI is InChI=1S/C21H30N4O4S/c1-13-9-14(15-7-8-23-11-17(15)30-12-22)10-16(18(13)25(5)20(27)28-6)24-19(26)29-21(2,3)4/h7-8,11,13-14,16,18H,9-10H2,1-6H3,(H,24,26). The molecule has 0 aliphatic heterocycles. The first-order valence-corrected chi connectivity index (χ1v) is 10.7. The molecular weight excluding hydrogens is 404 g/mol. The maximum atomic E-state index is 12.5. The van der Waals surface area contributed by atoms with Gasteiger partial charge in [-0.05, 0) is 68.8 Å². The van der Waals surface area contributed by atoms with Crippen molar-refractivity contribution in [3.05, 3.63) is 24.0 Å². The molecule has 2 rings (SSSR count). The number of nitrogens with zero attached hydrogens (tertiary/aromatic N) is 3. The normalized spacial score (nSPS) is 23.8. The first-order valence-electron chi connectivity index (χ1n) is 9.87. The van der Waals surface area contributed by atoms with E-state index in [1.807, 2.05) is 6.07 Å². The summed E-state index contributed by atoms with van der Waals surface area (Å²) in [5.74, 6) is 0.168. The van der Waals surface area contributed by atoms with E-state index in [1.165, 1.54) is 7.11 Å². The molecule has 1 fully saturated rings. The third-order valence-corrected chi connectivity index (χ3v) is 5.87. The van der Waals surface area contributed by atoms with E-state index in [9.17, 15) is 9.59 Å². The molecule has 2 amide bonds. The van der Waals surface area contributed by atoms with Crippen molar-refractivity contribution in [2.45, 2.75) is 69.0 Å². The molecule has 1 heterocycles. The van der Waals surface area contributed by atoms with Gasteiger partial charge in [-0.2, -0.15) is 5.26 Å². The molecule has 1 N–H and O–H groups in total. The molecule has 1 aliphatic rings. The Bertz CT molecular complexity index is 805. The second-order valence-corrected chi connectivity index (χ2v) is 9.40. The van der Waals surface area contributed by atoms with Gasteiger partial charge in [-0.25, -0.2) is 9.59 Å². The summed E-state index contributed by atoms with van der Waals surface area (Å²) in [6.07, 6.45) is 3.82. The number of amides is 2. The molecule has 30 heavy (non-hydrogen) atoms. The van der Waals surface area contributed by atoms with Crippen LogP contribution in [0.1, 0.15) is 52.0 Å². The fourth-order valence-electron chi connectivity index (χ4n) is 4.16. The molecule has 164 valence electrons. The summed E-state index contributed by atoms with van der Waals surface area (Å²) >= 11 is 1.08. The highest BCUT2D eigenvalue weighted by atomic mass is 32.2. The van der Waals surface area contributed by atoms with E-state index in [1.54, 1.807) is 45.1 Å². The lowest BCUT2D eigenvalue weighted by Gasteiger charge is -2.44. The quantitative estimate of drug-likeness (QED) is 0.561. The number of rotatable bonds is 4. The van der Waals surface area contributed by atoms with Crippen LogP contribution in [-0.2, 0) is 9.47 Å². The smallest absolute Gasteiger partial charge is 0.409 e. The van der Waals surface area contributed by atoms with Gasteiger partial charge < -0.3 is 19.7 Å². The highest BCUT2D eigenvalue weighted by molar-refractivity contribution is 8.03. The van der Waals surface area contributed by atoms with E-state index in [4.69, 9.17) is 14.7 Å². The minimum absolute atomic E-state index is 0.0703. The average Bonchev–Trinajstić information content (AvgIpc) is 2.65. The zero-order valence-corrected chi connectivity index (χ0v) is 19.2. The summed E-state index contributed by atoms with van der Waals surface area (Å²) in [6, 6.07) is 1.33. The Labute approximate surface area is 182 Å². The third kappa shape index (κ3) is 6.02. The van der Waals surface area contributed by atoms with Gasteiger partial charge in [0.15, 0.2) is 0 Å². The summed E-state index contributed by atoms with van der Waals surface area (Å²) in [5.41, 5.74) is 0.397. The highest BCUT2D eigenvalue weighted by Crippen LogP contribution is 2.41. The topological polar surface area (TPSA) is 105 Å². The third-order valence-electron chi connectivity index (χ3n) is 5.21. The summed E-state index contributed by atoms with van der Waals surface area (Å²) in [7, 11) is 3.02. The predicted molar refractivity (Wildman–Crippen MR) is 114 cm³/mol. The van der Waals surface area contributed by atoms with Gasteiger partial charge in [-0.15, -0.1) is 0 Å². The van der Waals surface area contributed by atoms with Crippen LogP contribution in [0.15, 0.2) is 23.4 Å². The monoisotopic (exact) mass is 434 g/mol. The van der Waals surface area contributed by atoms with Gasteiger partial charge in [0, 0.05) is 24.3 Å². The van der Waals surface area contributed by atoms with E-state index < -0.39 is 17.8 Å². The Hall–Kier alpha value is -2.47. The molecule has 0 radical (unpaired) electrons. The van der Waals surface area contributed by atoms with Crippen molar-refractivity contribution >= 4 is 23.9 Å². The van der Waals surface area contributed by atoms with Crippen LogP contribution in [0.5, 0.6) is 0 Å². The van der Waals surface area contributed by atoms with Crippen molar-refractivity contribution in [3.8, 4) is 5.40 Å². The minimum Gasteiger partial charge on any atom is -0.453 e. The summed E-state index contributed by atoms with van der Waals surface area (Å²) in [4.78, 5) is 31.2. The van der Waals surface area contributed by atoms with Gasteiger partial charge in [0.25, 0.3) is 0 Å². The van der Waals surface area contributed by atoms with Crippen LogP contribution in [-0.4, -0.2) is 53.9 Å². The lowest BCUT2D eigenvalue weighted by atomic mass is 9.73. The molecule has 8 nitrogen and oxygen atoms in total. The molecule has 1 aliphatic carbocycles. The molecule has 0 saturated heterocycles. The first kappa shape index (κ1) is 23.8. The fraction of sp³-hybridized carbons (Fsp3) is 0.619. The Kier molecular flexibility index (Phi) is 7.96. The molecule has 1 aromatic heterocycles. The Morgan fingerprint density at radius 1 is 1.37 bits per heavy atom. The van der Waals surface area contributed by atoms with E-state index in [0.717, 1.165) is 28.6 Å². The van der Waals surface area contributed by atoms with Crippen molar-refractivity contribution in [2.24, 2.45) is 5.92 Å². The number of thiocyanates is 1. The van der Waals surface area contributed by atoms with Crippen molar-refractivity contribution in [3.63, 3.8) is 0 Å². The molecule has 1 aromatic rings. The van der Waals surface area contributed by atoms with Gasteiger partial charge in [0.1, 0.15) is 11.0 Å². The van der Waals surface area contributed by atoms with Crippen LogP contribution in [0.25, 0.3) is 0 Å². The van der Waals surface area contributed by atoms with Gasteiger partial charge >= 0.3 is 12.2 Å². The number of methoxy groups -OCH3 is 1. The van der Waals surface area contributed by atoms with Gasteiger partial charge in [-0.1, -0.05) is 6.92 Å². The number of pyridine rings is 1. The van der Waals surface area contributed by atoms with Crippen molar-refractivity contribution < 1.29 is 19.1 Å². The van der Waals surface area contributed by atoms with Crippen LogP contribution in [0, 0.1) is 16.6 Å². The summed E-state index contributed by atoms with van der Waals surface area (Å²) in [5, 5.41) is 14.2. The Morgan fingerprint density at radius 2 is 2.07 bits per heavy atom. The maximum Gasteiger partial charge on any atom is 0.409 e. The van der Waals surface area contributed by atoms with Crippen LogP contribution in [0.2, 0.25) is 0 Å². The minimum atomic E-state index is -0.630. The molecule has 4 unspecified atom stereocenters. The van der Waals surface area contributed by atoms with E-state index in [-0.39, 0.29) is 23.9 Å². The number of thioether (sulfide) groups is 1.